The van der Waals surface area contributed by atoms with Gasteiger partial charge in [-0.3, -0.25) is 4.79 Å². The lowest BCUT2D eigenvalue weighted by molar-refractivity contribution is -0.115. The Morgan fingerprint density at radius 2 is 1.95 bits per heavy atom. The smallest absolute Gasteiger partial charge is 0.238 e. The Bertz CT molecular complexity index is 571. The van der Waals surface area contributed by atoms with E-state index in [0.717, 1.165) is 22.4 Å². The highest BCUT2D eigenvalue weighted by atomic mass is 79.9. The number of thiophene rings is 1. The first kappa shape index (κ1) is 15.5. The van der Waals surface area contributed by atoms with E-state index in [1.165, 1.54) is 4.88 Å². The normalized spacial score (nSPS) is 10.5. The number of benzene rings is 1. The molecule has 0 saturated heterocycles. The number of anilines is 1. The molecular weight excluding hydrogens is 360 g/mol. The standard InChI is InChI=1S/C14H14BrClN2OS/c15-13-6-5-12(20-13)7-8-17-9-14(19)18-11-3-1-10(16)2-4-11/h1-6,17H,7-9H2,(H,18,19). The van der Waals surface area contributed by atoms with Crippen LogP contribution in [0.5, 0.6) is 0 Å². The first-order valence-corrected chi connectivity index (χ1v) is 8.12. The van der Waals surface area contributed by atoms with E-state index in [1.807, 2.05) is 6.07 Å². The number of carbonyl (C=O) groups excluding carboxylic acids is 1. The molecule has 1 aromatic heterocycles. The second-order valence-corrected chi connectivity index (χ2v) is 7.17. The fourth-order valence-electron chi connectivity index (χ4n) is 1.64. The van der Waals surface area contributed by atoms with Crippen LogP contribution >= 0.6 is 38.9 Å². The number of halogens is 2. The molecule has 2 N–H and O–H groups in total. The molecule has 0 atom stereocenters. The van der Waals surface area contributed by atoms with Gasteiger partial charge in [-0.1, -0.05) is 11.6 Å². The van der Waals surface area contributed by atoms with Gasteiger partial charge in [0, 0.05) is 22.1 Å². The third-order valence-electron chi connectivity index (χ3n) is 2.59. The molecule has 2 rings (SSSR count). The van der Waals surface area contributed by atoms with E-state index in [0.29, 0.717) is 11.6 Å². The quantitative estimate of drug-likeness (QED) is 0.753. The molecule has 1 aromatic carbocycles. The van der Waals surface area contributed by atoms with Gasteiger partial charge in [-0.25, -0.2) is 0 Å². The van der Waals surface area contributed by atoms with Crippen molar-refractivity contribution in [2.24, 2.45) is 0 Å². The van der Waals surface area contributed by atoms with Crippen molar-refractivity contribution < 1.29 is 4.79 Å². The molecule has 0 fully saturated rings. The van der Waals surface area contributed by atoms with Crippen molar-refractivity contribution in [1.82, 2.24) is 5.32 Å². The number of nitrogens with one attached hydrogen (secondary N) is 2. The summed E-state index contributed by atoms with van der Waals surface area (Å²) < 4.78 is 1.13. The van der Waals surface area contributed by atoms with Crippen LogP contribution in [0.15, 0.2) is 40.2 Å². The van der Waals surface area contributed by atoms with Crippen LogP contribution < -0.4 is 10.6 Å². The van der Waals surface area contributed by atoms with Gasteiger partial charge in [0.1, 0.15) is 0 Å². The van der Waals surface area contributed by atoms with Crippen molar-refractivity contribution in [3.63, 3.8) is 0 Å². The lowest BCUT2D eigenvalue weighted by Gasteiger charge is -2.06. The van der Waals surface area contributed by atoms with Gasteiger partial charge in [-0.05, 0) is 58.7 Å². The molecule has 0 radical (unpaired) electrons. The molecule has 0 aliphatic rings. The molecule has 0 spiro atoms. The maximum absolute atomic E-state index is 11.7. The zero-order valence-electron chi connectivity index (χ0n) is 10.7. The monoisotopic (exact) mass is 372 g/mol. The highest BCUT2D eigenvalue weighted by Crippen LogP contribution is 2.22. The first-order valence-electron chi connectivity index (χ1n) is 6.14. The summed E-state index contributed by atoms with van der Waals surface area (Å²) in [5.74, 6) is -0.0558. The Morgan fingerprint density at radius 1 is 1.20 bits per heavy atom. The van der Waals surface area contributed by atoms with Gasteiger partial charge in [-0.2, -0.15) is 0 Å². The third kappa shape index (κ3) is 5.25. The van der Waals surface area contributed by atoms with Crippen molar-refractivity contribution in [3.05, 3.63) is 50.1 Å². The number of hydrogen-bond donors (Lipinski definition) is 2. The summed E-state index contributed by atoms with van der Waals surface area (Å²) in [7, 11) is 0. The van der Waals surface area contributed by atoms with Gasteiger partial charge in [-0.15, -0.1) is 11.3 Å². The predicted molar refractivity (Wildman–Crippen MR) is 88.7 cm³/mol. The molecule has 0 saturated carbocycles. The Morgan fingerprint density at radius 3 is 2.60 bits per heavy atom. The van der Waals surface area contributed by atoms with Gasteiger partial charge in [0.15, 0.2) is 0 Å². The van der Waals surface area contributed by atoms with Crippen LogP contribution in [-0.2, 0) is 11.2 Å². The van der Waals surface area contributed by atoms with Gasteiger partial charge >= 0.3 is 0 Å². The summed E-state index contributed by atoms with van der Waals surface area (Å²) in [4.78, 5) is 13.0. The van der Waals surface area contributed by atoms with Crippen molar-refractivity contribution >= 4 is 50.5 Å². The number of amides is 1. The fourth-order valence-corrected chi connectivity index (χ4v) is 3.25. The highest BCUT2D eigenvalue weighted by molar-refractivity contribution is 9.11. The fraction of sp³-hybridized carbons (Fsp3) is 0.214. The first-order chi connectivity index (χ1) is 9.63. The van der Waals surface area contributed by atoms with Crippen LogP contribution in [0.1, 0.15) is 4.88 Å². The highest BCUT2D eigenvalue weighted by Gasteiger charge is 2.02. The predicted octanol–water partition coefficient (Wildman–Crippen LogP) is 3.93. The second kappa shape index (κ2) is 7.78. The molecule has 6 heteroatoms. The summed E-state index contributed by atoms with van der Waals surface area (Å²) in [6.07, 6.45) is 0.921. The summed E-state index contributed by atoms with van der Waals surface area (Å²) in [6.45, 7) is 1.08. The molecule has 0 aliphatic heterocycles. The number of hydrogen-bond acceptors (Lipinski definition) is 3. The van der Waals surface area contributed by atoms with Crippen molar-refractivity contribution in [1.29, 1.82) is 0 Å². The zero-order valence-corrected chi connectivity index (χ0v) is 13.8. The summed E-state index contributed by atoms with van der Waals surface area (Å²) in [5, 5.41) is 6.59. The van der Waals surface area contributed by atoms with Crippen LogP contribution in [0.2, 0.25) is 5.02 Å². The molecule has 0 unspecified atom stereocenters. The molecular formula is C14H14BrClN2OS. The molecule has 0 bridgehead atoms. The van der Waals surface area contributed by atoms with E-state index in [9.17, 15) is 4.79 Å². The molecule has 1 amide bonds. The Hall–Kier alpha value is -0.880. The lowest BCUT2D eigenvalue weighted by atomic mass is 10.3. The average molecular weight is 374 g/mol. The van der Waals surface area contributed by atoms with Gasteiger partial charge in [0.2, 0.25) is 5.91 Å². The van der Waals surface area contributed by atoms with Crippen LogP contribution in [0.25, 0.3) is 0 Å². The molecule has 20 heavy (non-hydrogen) atoms. The third-order valence-corrected chi connectivity index (χ3v) is 4.53. The van der Waals surface area contributed by atoms with E-state index in [4.69, 9.17) is 11.6 Å². The van der Waals surface area contributed by atoms with E-state index in [1.54, 1.807) is 35.6 Å². The molecule has 3 nitrogen and oxygen atoms in total. The Kier molecular flexibility index (Phi) is 6.04. The van der Waals surface area contributed by atoms with Gasteiger partial charge in [0.25, 0.3) is 0 Å². The van der Waals surface area contributed by atoms with Crippen LogP contribution in [-0.4, -0.2) is 19.0 Å². The largest absolute Gasteiger partial charge is 0.325 e. The van der Waals surface area contributed by atoms with E-state index < -0.39 is 0 Å². The van der Waals surface area contributed by atoms with Gasteiger partial charge in [0.05, 0.1) is 10.3 Å². The van der Waals surface area contributed by atoms with Gasteiger partial charge < -0.3 is 10.6 Å². The Balaban J connectivity index is 1.66. The maximum Gasteiger partial charge on any atom is 0.238 e. The number of rotatable bonds is 6. The minimum absolute atomic E-state index is 0.0558. The van der Waals surface area contributed by atoms with Crippen molar-refractivity contribution in [2.75, 3.05) is 18.4 Å². The number of carbonyl (C=O) groups is 1. The summed E-state index contributed by atoms with van der Waals surface area (Å²) in [5.41, 5.74) is 0.753. The van der Waals surface area contributed by atoms with E-state index in [2.05, 4.69) is 32.6 Å². The summed E-state index contributed by atoms with van der Waals surface area (Å²) in [6, 6.07) is 11.2. The molecule has 106 valence electrons. The lowest BCUT2D eigenvalue weighted by Crippen LogP contribution is -2.29. The van der Waals surface area contributed by atoms with Crippen molar-refractivity contribution in [3.8, 4) is 0 Å². The SMILES string of the molecule is O=C(CNCCc1ccc(Br)s1)Nc1ccc(Cl)cc1. The van der Waals surface area contributed by atoms with E-state index in [-0.39, 0.29) is 5.91 Å². The topological polar surface area (TPSA) is 41.1 Å². The average Bonchev–Trinajstić information content (AvgIpc) is 2.83. The zero-order chi connectivity index (χ0) is 14.4. The minimum atomic E-state index is -0.0558. The van der Waals surface area contributed by atoms with Crippen LogP contribution in [0, 0.1) is 0 Å². The maximum atomic E-state index is 11.7. The van der Waals surface area contributed by atoms with Crippen LogP contribution in [0.3, 0.4) is 0 Å². The van der Waals surface area contributed by atoms with Crippen molar-refractivity contribution in [2.45, 2.75) is 6.42 Å². The van der Waals surface area contributed by atoms with Crippen LogP contribution in [0.4, 0.5) is 5.69 Å². The molecule has 0 aliphatic carbocycles. The molecule has 2 aromatic rings. The second-order valence-electron chi connectivity index (χ2n) is 4.19. The Labute approximate surface area is 135 Å². The van der Waals surface area contributed by atoms with E-state index >= 15 is 0 Å². The summed E-state index contributed by atoms with van der Waals surface area (Å²) >= 11 is 10.9. The molecule has 1 heterocycles. The minimum Gasteiger partial charge on any atom is -0.325 e.